The Morgan fingerprint density at radius 3 is 2.07 bits per heavy atom. The fourth-order valence-corrected chi connectivity index (χ4v) is 2.58. The Bertz CT molecular complexity index is 658. The predicted octanol–water partition coefficient (Wildman–Crippen LogP) is 3.95. The second-order valence-corrected chi connectivity index (χ2v) is 8.21. The molecule has 1 aliphatic rings. The maximum atomic E-state index is 12.0. The van der Waals surface area contributed by atoms with Crippen LogP contribution in [0, 0.1) is 5.41 Å². The maximum Gasteiger partial charge on any atom is 0.511 e. The fourth-order valence-electron chi connectivity index (χ4n) is 2.58. The summed E-state index contributed by atoms with van der Waals surface area (Å²) in [5, 5.41) is 0. The highest BCUT2D eigenvalue weighted by Gasteiger charge is 2.31. The molecule has 1 heterocycles. The van der Waals surface area contributed by atoms with Gasteiger partial charge < -0.3 is 14.2 Å². The molecule has 0 N–H and O–H groups in total. The molecule has 0 aromatic carbocycles. The second-order valence-electron chi connectivity index (χ2n) is 8.21. The number of allylic oxidation sites excluding steroid dienone is 2. The Morgan fingerprint density at radius 2 is 1.59 bits per heavy atom. The smallest absolute Gasteiger partial charge is 0.428 e. The SMILES string of the molecule is CC(C(=O)/C=C(\C)C(=O)OC(C)OC(=O)OC(C)(C)CC(C)(C)C)=C1OO1. The van der Waals surface area contributed by atoms with Crippen molar-refractivity contribution in [2.24, 2.45) is 5.41 Å². The number of carbonyl (C=O) groups is 3. The highest BCUT2D eigenvalue weighted by Crippen LogP contribution is 2.29. The van der Waals surface area contributed by atoms with Crippen molar-refractivity contribution in [2.75, 3.05) is 0 Å². The van der Waals surface area contributed by atoms with Gasteiger partial charge in [-0.05, 0) is 45.6 Å². The molecule has 0 saturated carbocycles. The first-order chi connectivity index (χ1) is 12.2. The lowest BCUT2D eigenvalue weighted by molar-refractivity contribution is -0.166. The zero-order chi connectivity index (χ0) is 21.0. The van der Waals surface area contributed by atoms with Gasteiger partial charge in [0.15, 0.2) is 5.78 Å². The van der Waals surface area contributed by atoms with Crippen molar-refractivity contribution < 1.29 is 38.4 Å². The van der Waals surface area contributed by atoms with E-state index in [-0.39, 0.29) is 22.5 Å². The molecule has 8 nitrogen and oxygen atoms in total. The quantitative estimate of drug-likeness (QED) is 0.214. The first kappa shape index (κ1) is 22.5. The molecule has 1 aliphatic heterocycles. The first-order valence-electron chi connectivity index (χ1n) is 8.59. The van der Waals surface area contributed by atoms with Crippen LogP contribution in [0.15, 0.2) is 23.2 Å². The highest BCUT2D eigenvalue weighted by atomic mass is 17.4. The zero-order valence-electron chi connectivity index (χ0n) is 17.1. The molecule has 0 aromatic rings. The molecule has 1 atom stereocenters. The number of esters is 1. The number of carbonyl (C=O) groups excluding carboxylic acids is 3. The van der Waals surface area contributed by atoms with E-state index in [9.17, 15) is 14.4 Å². The normalized spacial score (nSPS) is 15.1. The van der Waals surface area contributed by atoms with Crippen LogP contribution in [0.4, 0.5) is 4.79 Å². The molecule has 0 amide bonds. The minimum atomic E-state index is -1.18. The van der Waals surface area contributed by atoms with Gasteiger partial charge >= 0.3 is 18.1 Å². The van der Waals surface area contributed by atoms with Crippen molar-refractivity contribution >= 4 is 17.9 Å². The van der Waals surface area contributed by atoms with Gasteiger partial charge in [-0.3, -0.25) is 4.79 Å². The van der Waals surface area contributed by atoms with Gasteiger partial charge in [-0.25, -0.2) is 19.4 Å². The van der Waals surface area contributed by atoms with Gasteiger partial charge in [-0.2, -0.15) is 0 Å². The van der Waals surface area contributed by atoms with Crippen molar-refractivity contribution in [3.8, 4) is 0 Å². The largest absolute Gasteiger partial charge is 0.511 e. The molecule has 8 heteroatoms. The molecule has 27 heavy (non-hydrogen) atoms. The molecule has 1 fully saturated rings. The van der Waals surface area contributed by atoms with Crippen LogP contribution < -0.4 is 0 Å². The summed E-state index contributed by atoms with van der Waals surface area (Å²) < 4.78 is 15.3. The number of hydrogen-bond donors (Lipinski definition) is 0. The van der Waals surface area contributed by atoms with Crippen molar-refractivity contribution in [1.29, 1.82) is 0 Å². The van der Waals surface area contributed by atoms with Gasteiger partial charge in [0, 0.05) is 12.5 Å². The van der Waals surface area contributed by atoms with Crippen molar-refractivity contribution in [3.05, 3.63) is 23.2 Å². The minimum absolute atomic E-state index is 0.0393. The molecule has 1 rings (SSSR count). The summed E-state index contributed by atoms with van der Waals surface area (Å²) in [6, 6.07) is 0. The van der Waals surface area contributed by atoms with Crippen molar-refractivity contribution in [2.45, 2.75) is 73.7 Å². The van der Waals surface area contributed by atoms with Crippen LogP contribution in [0.25, 0.3) is 0 Å². The Morgan fingerprint density at radius 1 is 1.04 bits per heavy atom. The van der Waals surface area contributed by atoms with Gasteiger partial charge in [0.25, 0.3) is 0 Å². The summed E-state index contributed by atoms with van der Waals surface area (Å²) in [4.78, 5) is 44.7. The average Bonchev–Trinajstić information content (AvgIpc) is 3.26. The third-order valence-electron chi connectivity index (χ3n) is 3.36. The van der Waals surface area contributed by atoms with E-state index in [0.717, 1.165) is 6.08 Å². The van der Waals surface area contributed by atoms with E-state index in [1.54, 1.807) is 13.8 Å². The van der Waals surface area contributed by atoms with Gasteiger partial charge in [-0.1, -0.05) is 20.8 Å². The topological polar surface area (TPSA) is 104 Å². The third kappa shape index (κ3) is 8.61. The summed E-state index contributed by atoms with van der Waals surface area (Å²) in [6.07, 6.45) is -0.405. The summed E-state index contributed by atoms with van der Waals surface area (Å²) >= 11 is 0. The first-order valence-corrected chi connectivity index (χ1v) is 8.59. The molecular formula is C19H28O8. The van der Waals surface area contributed by atoms with Crippen LogP contribution >= 0.6 is 0 Å². The molecule has 1 unspecified atom stereocenters. The minimum Gasteiger partial charge on any atom is -0.428 e. The van der Waals surface area contributed by atoms with Crippen LogP contribution in [0.2, 0.25) is 0 Å². The van der Waals surface area contributed by atoms with E-state index in [1.165, 1.54) is 20.8 Å². The number of rotatable bonds is 7. The van der Waals surface area contributed by atoms with Gasteiger partial charge in [0.2, 0.25) is 6.29 Å². The van der Waals surface area contributed by atoms with Crippen LogP contribution in [-0.4, -0.2) is 29.8 Å². The van der Waals surface area contributed by atoms with E-state index in [4.69, 9.17) is 14.2 Å². The number of ether oxygens (including phenoxy) is 3. The zero-order valence-corrected chi connectivity index (χ0v) is 17.1. The molecule has 1 saturated heterocycles. The van der Waals surface area contributed by atoms with Gasteiger partial charge in [0.05, 0.1) is 5.57 Å². The van der Waals surface area contributed by atoms with Crippen LogP contribution in [-0.2, 0) is 33.6 Å². The highest BCUT2D eigenvalue weighted by molar-refractivity contribution is 6.07. The molecule has 152 valence electrons. The molecule has 0 aromatic heterocycles. The summed E-state index contributed by atoms with van der Waals surface area (Å²) in [6.45, 7) is 13.9. The monoisotopic (exact) mass is 384 g/mol. The van der Waals surface area contributed by atoms with Crippen LogP contribution in [0.5, 0.6) is 0 Å². The van der Waals surface area contributed by atoms with Crippen molar-refractivity contribution in [1.82, 2.24) is 0 Å². The predicted molar refractivity (Wildman–Crippen MR) is 94.9 cm³/mol. The Kier molecular flexibility index (Phi) is 7.05. The third-order valence-corrected chi connectivity index (χ3v) is 3.36. The summed E-state index contributed by atoms with van der Waals surface area (Å²) in [5.41, 5.74) is -0.506. The van der Waals surface area contributed by atoms with Crippen LogP contribution in [0.3, 0.4) is 0 Å². The van der Waals surface area contributed by atoms with E-state index < -0.39 is 29.8 Å². The lowest BCUT2D eigenvalue weighted by atomic mass is 9.84. The lowest BCUT2D eigenvalue weighted by Crippen LogP contribution is -2.34. The number of hydrogen-bond acceptors (Lipinski definition) is 8. The van der Waals surface area contributed by atoms with E-state index >= 15 is 0 Å². The van der Waals surface area contributed by atoms with Gasteiger partial charge in [0.1, 0.15) is 5.60 Å². The van der Waals surface area contributed by atoms with E-state index in [0.29, 0.717) is 6.42 Å². The molecule has 0 aliphatic carbocycles. The molecule has 0 spiro atoms. The van der Waals surface area contributed by atoms with Gasteiger partial charge in [-0.15, -0.1) is 0 Å². The Balaban J connectivity index is 2.54. The van der Waals surface area contributed by atoms with E-state index in [1.807, 2.05) is 20.8 Å². The second kappa shape index (κ2) is 8.45. The number of ketones is 1. The fraction of sp³-hybridized carbons (Fsp3) is 0.632. The Hall–Kier alpha value is -2.51. The lowest BCUT2D eigenvalue weighted by Gasteiger charge is -2.31. The Labute approximate surface area is 159 Å². The summed E-state index contributed by atoms with van der Waals surface area (Å²) in [5.74, 6) is -1.13. The standard InChI is InChI=1S/C19H28O8/c1-11(9-14(20)12(2)16-26-27-16)15(21)23-13(3)24-17(22)25-19(7,8)10-18(4,5)6/h9,13H,10H2,1-8H3/b11-9+. The van der Waals surface area contributed by atoms with Crippen LogP contribution in [0.1, 0.15) is 61.8 Å². The summed E-state index contributed by atoms with van der Waals surface area (Å²) in [7, 11) is 0. The molecule has 0 radical (unpaired) electrons. The van der Waals surface area contributed by atoms with E-state index in [2.05, 4.69) is 9.78 Å². The molecule has 0 bridgehead atoms. The maximum absolute atomic E-state index is 12.0. The molecular weight excluding hydrogens is 356 g/mol. The van der Waals surface area contributed by atoms with Crippen molar-refractivity contribution in [3.63, 3.8) is 0 Å². The average molecular weight is 384 g/mol.